The molecule has 7 nitrogen and oxygen atoms in total. The van der Waals surface area contributed by atoms with Crippen LogP contribution in [0.25, 0.3) is 10.4 Å². The summed E-state index contributed by atoms with van der Waals surface area (Å²) >= 11 is 0. The third-order valence-electron chi connectivity index (χ3n) is 2.88. The highest BCUT2D eigenvalue weighted by atomic mass is 16.6. The normalized spacial score (nSPS) is 15.8. The highest BCUT2D eigenvalue weighted by molar-refractivity contribution is 5.98. The highest BCUT2D eigenvalue weighted by Gasteiger charge is 2.30. The third-order valence-corrected chi connectivity index (χ3v) is 2.88. The lowest BCUT2D eigenvalue weighted by Gasteiger charge is -2.08. The largest absolute Gasteiger partial charge is 0.478 e. The van der Waals surface area contributed by atoms with Gasteiger partial charge in [-0.1, -0.05) is 5.11 Å². The smallest absolute Gasteiger partial charge is 0.347 e. The second kappa shape index (κ2) is 6.08. The summed E-state index contributed by atoms with van der Waals surface area (Å²) in [5.74, 6) is -0.112. The first-order valence-corrected chi connectivity index (χ1v) is 6.16. The quantitative estimate of drug-likeness (QED) is 0.270. The number of ketones is 1. The van der Waals surface area contributed by atoms with Crippen LogP contribution in [0.15, 0.2) is 23.3 Å². The zero-order chi connectivity index (χ0) is 14.5. The van der Waals surface area contributed by atoms with Gasteiger partial charge in [0.15, 0.2) is 11.9 Å². The number of benzene rings is 1. The minimum absolute atomic E-state index is 0.225. The summed E-state index contributed by atoms with van der Waals surface area (Å²) in [7, 11) is 0. The van der Waals surface area contributed by atoms with Crippen LogP contribution in [-0.4, -0.2) is 31.0 Å². The van der Waals surface area contributed by atoms with Crippen LogP contribution in [0.1, 0.15) is 22.8 Å². The van der Waals surface area contributed by atoms with Crippen LogP contribution in [0.2, 0.25) is 0 Å². The second-order valence-corrected chi connectivity index (χ2v) is 4.20. The SMILES string of the molecule is CCOC(=O)C1Cc2cc(C(=O)CN=[N+]=[N-])ccc2O1. The van der Waals surface area contributed by atoms with Gasteiger partial charge in [0.05, 0.1) is 13.2 Å². The van der Waals surface area contributed by atoms with Crippen LogP contribution >= 0.6 is 0 Å². The molecule has 1 aromatic carbocycles. The number of hydrogen-bond acceptors (Lipinski definition) is 5. The number of fused-ring (bicyclic) bond motifs is 1. The Morgan fingerprint density at radius 3 is 3.05 bits per heavy atom. The van der Waals surface area contributed by atoms with E-state index in [0.29, 0.717) is 24.3 Å². The fourth-order valence-electron chi connectivity index (χ4n) is 1.98. The number of rotatable bonds is 5. The summed E-state index contributed by atoms with van der Waals surface area (Å²) < 4.78 is 10.4. The Labute approximate surface area is 115 Å². The average molecular weight is 275 g/mol. The number of Topliss-reactive ketones (excluding diaryl/α,β-unsaturated/α-hetero) is 1. The van der Waals surface area contributed by atoms with Crippen molar-refractivity contribution in [2.75, 3.05) is 13.2 Å². The number of hydrogen-bond donors (Lipinski definition) is 0. The molecule has 0 radical (unpaired) electrons. The van der Waals surface area contributed by atoms with Gasteiger partial charge in [-0.15, -0.1) is 0 Å². The molecular weight excluding hydrogens is 262 g/mol. The third kappa shape index (κ3) is 2.89. The van der Waals surface area contributed by atoms with Gasteiger partial charge < -0.3 is 9.47 Å². The zero-order valence-corrected chi connectivity index (χ0v) is 10.9. The van der Waals surface area contributed by atoms with E-state index < -0.39 is 12.1 Å². The molecule has 1 atom stereocenters. The van der Waals surface area contributed by atoms with Crippen LogP contribution in [0.5, 0.6) is 5.75 Å². The van der Waals surface area contributed by atoms with E-state index in [1.54, 1.807) is 25.1 Å². The molecular formula is C13H13N3O4. The fraction of sp³-hybridized carbons (Fsp3) is 0.385. The monoisotopic (exact) mass is 275 g/mol. The molecule has 1 aliphatic heterocycles. The van der Waals surface area contributed by atoms with E-state index in [-0.39, 0.29) is 12.3 Å². The molecule has 0 aliphatic carbocycles. The molecule has 0 saturated carbocycles. The van der Waals surface area contributed by atoms with Crippen LogP contribution < -0.4 is 4.74 Å². The number of carbonyl (C=O) groups is 2. The predicted molar refractivity (Wildman–Crippen MR) is 69.5 cm³/mol. The molecule has 0 N–H and O–H groups in total. The van der Waals surface area contributed by atoms with Crippen molar-refractivity contribution in [2.24, 2.45) is 5.11 Å². The molecule has 2 rings (SSSR count). The Bertz CT molecular complexity index is 593. The van der Waals surface area contributed by atoms with E-state index in [9.17, 15) is 9.59 Å². The van der Waals surface area contributed by atoms with Crippen molar-refractivity contribution in [1.82, 2.24) is 0 Å². The Kier molecular flexibility index (Phi) is 4.22. The van der Waals surface area contributed by atoms with Crippen molar-refractivity contribution in [2.45, 2.75) is 19.4 Å². The summed E-state index contributed by atoms with van der Waals surface area (Å²) in [6.45, 7) is 1.80. The lowest BCUT2D eigenvalue weighted by Crippen LogP contribution is -2.27. The maximum atomic E-state index is 11.7. The van der Waals surface area contributed by atoms with Gasteiger partial charge in [-0.2, -0.15) is 0 Å². The standard InChI is InChI=1S/C13H13N3O4/c1-2-19-13(18)12-6-9-5-8(3-4-11(9)20-12)10(17)7-15-16-14/h3-5,12H,2,6-7H2,1H3. The molecule has 1 aromatic rings. The van der Waals surface area contributed by atoms with Gasteiger partial charge in [-0.05, 0) is 36.2 Å². The van der Waals surface area contributed by atoms with E-state index in [0.717, 1.165) is 5.56 Å². The van der Waals surface area contributed by atoms with Gasteiger partial charge >= 0.3 is 5.97 Å². The number of carbonyl (C=O) groups excluding carboxylic acids is 2. The first kappa shape index (κ1) is 13.9. The molecule has 0 bridgehead atoms. The zero-order valence-electron chi connectivity index (χ0n) is 10.9. The summed E-state index contributed by atoms with van der Waals surface area (Å²) in [4.78, 5) is 25.9. The molecule has 20 heavy (non-hydrogen) atoms. The van der Waals surface area contributed by atoms with Crippen LogP contribution in [0.4, 0.5) is 0 Å². The van der Waals surface area contributed by atoms with E-state index in [4.69, 9.17) is 15.0 Å². The molecule has 7 heteroatoms. The van der Waals surface area contributed by atoms with E-state index in [1.165, 1.54) is 0 Å². The molecule has 104 valence electrons. The molecule has 1 aliphatic rings. The summed E-state index contributed by atoms with van der Waals surface area (Å²) in [5, 5.41) is 3.23. The van der Waals surface area contributed by atoms with Gasteiger partial charge in [0.1, 0.15) is 5.75 Å². The topological polar surface area (TPSA) is 101 Å². The van der Waals surface area contributed by atoms with Crippen molar-refractivity contribution in [3.63, 3.8) is 0 Å². The van der Waals surface area contributed by atoms with Crippen LogP contribution in [0, 0.1) is 0 Å². The molecule has 0 saturated heterocycles. The summed E-state index contributed by atoms with van der Waals surface area (Å²) in [6, 6.07) is 4.88. The van der Waals surface area contributed by atoms with Gasteiger partial charge in [0.25, 0.3) is 0 Å². The van der Waals surface area contributed by atoms with E-state index in [1.807, 2.05) is 0 Å². The van der Waals surface area contributed by atoms with Gasteiger partial charge in [-0.3, -0.25) is 4.79 Å². The lowest BCUT2D eigenvalue weighted by atomic mass is 10.0. The van der Waals surface area contributed by atoms with E-state index >= 15 is 0 Å². The molecule has 0 spiro atoms. The Morgan fingerprint density at radius 2 is 2.35 bits per heavy atom. The van der Waals surface area contributed by atoms with Crippen molar-refractivity contribution >= 4 is 11.8 Å². The maximum absolute atomic E-state index is 11.7. The first-order valence-electron chi connectivity index (χ1n) is 6.16. The van der Waals surface area contributed by atoms with Crippen LogP contribution in [0.3, 0.4) is 0 Å². The minimum atomic E-state index is -0.660. The molecule has 1 heterocycles. The number of esters is 1. The van der Waals surface area contributed by atoms with Gasteiger partial charge in [0.2, 0.25) is 0 Å². The minimum Gasteiger partial charge on any atom is -0.478 e. The van der Waals surface area contributed by atoms with Crippen molar-refractivity contribution < 1.29 is 19.1 Å². The lowest BCUT2D eigenvalue weighted by molar-refractivity contribution is -0.150. The van der Waals surface area contributed by atoms with Crippen molar-refractivity contribution in [1.29, 1.82) is 0 Å². The highest BCUT2D eigenvalue weighted by Crippen LogP contribution is 2.30. The molecule has 0 aromatic heterocycles. The first-order chi connectivity index (χ1) is 9.65. The Morgan fingerprint density at radius 1 is 1.55 bits per heavy atom. The summed E-state index contributed by atoms with van der Waals surface area (Å²) in [6.07, 6.45) is -0.288. The Hall–Kier alpha value is -2.53. The Balaban J connectivity index is 2.12. The average Bonchev–Trinajstić information content (AvgIpc) is 2.88. The molecule has 0 fully saturated rings. The number of nitrogens with zero attached hydrogens (tertiary/aromatic N) is 3. The maximum Gasteiger partial charge on any atom is 0.347 e. The second-order valence-electron chi connectivity index (χ2n) is 4.20. The fourth-order valence-corrected chi connectivity index (χ4v) is 1.98. The van der Waals surface area contributed by atoms with Crippen molar-refractivity contribution in [3.05, 3.63) is 39.8 Å². The molecule has 0 amide bonds. The molecule has 1 unspecified atom stereocenters. The van der Waals surface area contributed by atoms with Crippen molar-refractivity contribution in [3.8, 4) is 5.75 Å². The van der Waals surface area contributed by atoms with Gasteiger partial charge in [-0.25, -0.2) is 4.79 Å². The van der Waals surface area contributed by atoms with Crippen LogP contribution in [-0.2, 0) is 16.0 Å². The number of azide groups is 1. The van der Waals surface area contributed by atoms with Gasteiger partial charge in [0, 0.05) is 16.9 Å². The number of ether oxygens (including phenoxy) is 2. The predicted octanol–water partition coefficient (Wildman–Crippen LogP) is 2.05. The summed E-state index contributed by atoms with van der Waals surface area (Å²) in [5.41, 5.74) is 9.41. The van der Waals surface area contributed by atoms with E-state index in [2.05, 4.69) is 10.0 Å².